The van der Waals surface area contributed by atoms with Gasteiger partial charge in [-0.2, -0.15) is 0 Å². The van der Waals surface area contributed by atoms with Gasteiger partial charge in [-0.1, -0.05) is 35.9 Å². The van der Waals surface area contributed by atoms with Crippen LogP contribution in [-0.4, -0.2) is 27.2 Å². The van der Waals surface area contributed by atoms with Crippen LogP contribution in [0.5, 0.6) is 17.2 Å². The number of methoxy groups -OCH3 is 3. The SMILES string of the molecule is COc1ccc(CC(=O)NCc2ccc(C)cc2)c(OC)c1OC. The Hall–Kier alpha value is -2.69. The minimum absolute atomic E-state index is 0.0823. The molecule has 2 aromatic carbocycles. The summed E-state index contributed by atoms with van der Waals surface area (Å²) >= 11 is 0. The quantitative estimate of drug-likeness (QED) is 0.848. The van der Waals surface area contributed by atoms with Crippen LogP contribution in [0.15, 0.2) is 36.4 Å². The molecule has 2 aromatic rings. The fourth-order valence-electron chi connectivity index (χ4n) is 2.44. The molecule has 0 spiro atoms. The van der Waals surface area contributed by atoms with Gasteiger partial charge in [-0.3, -0.25) is 4.79 Å². The predicted octanol–water partition coefficient (Wildman–Crippen LogP) is 2.88. The van der Waals surface area contributed by atoms with Crippen LogP contribution in [0.1, 0.15) is 16.7 Å². The van der Waals surface area contributed by atoms with E-state index >= 15 is 0 Å². The Kier molecular flexibility index (Phi) is 6.07. The van der Waals surface area contributed by atoms with Crippen molar-refractivity contribution in [3.63, 3.8) is 0 Å². The highest BCUT2D eigenvalue weighted by atomic mass is 16.5. The fraction of sp³-hybridized carbons (Fsp3) is 0.316. The third-order valence-electron chi connectivity index (χ3n) is 3.75. The van der Waals surface area contributed by atoms with Gasteiger partial charge in [0.2, 0.25) is 11.7 Å². The van der Waals surface area contributed by atoms with Crippen LogP contribution in [0.25, 0.3) is 0 Å². The first-order valence-corrected chi connectivity index (χ1v) is 7.69. The van der Waals surface area contributed by atoms with Crippen LogP contribution in [0.4, 0.5) is 0 Å². The van der Waals surface area contributed by atoms with E-state index in [0.717, 1.165) is 11.1 Å². The summed E-state index contributed by atoms with van der Waals surface area (Å²) in [7, 11) is 4.65. The van der Waals surface area contributed by atoms with Crippen LogP contribution < -0.4 is 19.5 Å². The van der Waals surface area contributed by atoms with E-state index in [2.05, 4.69) is 5.32 Å². The van der Waals surface area contributed by atoms with Crippen molar-refractivity contribution in [1.29, 1.82) is 0 Å². The van der Waals surface area contributed by atoms with Crippen molar-refractivity contribution in [1.82, 2.24) is 5.32 Å². The van der Waals surface area contributed by atoms with Crippen LogP contribution in [0.3, 0.4) is 0 Å². The van der Waals surface area contributed by atoms with Crippen molar-refractivity contribution < 1.29 is 19.0 Å². The lowest BCUT2D eigenvalue weighted by Gasteiger charge is -2.15. The molecular weight excluding hydrogens is 306 g/mol. The highest BCUT2D eigenvalue weighted by Crippen LogP contribution is 2.39. The maximum Gasteiger partial charge on any atom is 0.224 e. The summed E-state index contributed by atoms with van der Waals surface area (Å²) in [6.45, 7) is 2.53. The van der Waals surface area contributed by atoms with Gasteiger partial charge >= 0.3 is 0 Å². The summed E-state index contributed by atoms with van der Waals surface area (Å²) in [6.07, 6.45) is 0.204. The second-order valence-corrected chi connectivity index (χ2v) is 5.43. The van der Waals surface area contributed by atoms with Crippen LogP contribution >= 0.6 is 0 Å². The summed E-state index contributed by atoms with van der Waals surface area (Å²) < 4.78 is 16.0. The molecule has 0 aliphatic carbocycles. The van der Waals surface area contributed by atoms with Gasteiger partial charge in [0, 0.05) is 12.1 Å². The van der Waals surface area contributed by atoms with Crippen molar-refractivity contribution in [2.24, 2.45) is 0 Å². The molecule has 0 fully saturated rings. The highest BCUT2D eigenvalue weighted by molar-refractivity contribution is 5.80. The Morgan fingerprint density at radius 2 is 1.58 bits per heavy atom. The molecule has 0 aliphatic rings. The summed E-state index contributed by atoms with van der Waals surface area (Å²) in [5, 5.41) is 2.92. The van der Waals surface area contributed by atoms with Gasteiger partial charge in [0.05, 0.1) is 27.8 Å². The van der Waals surface area contributed by atoms with E-state index < -0.39 is 0 Å². The average molecular weight is 329 g/mol. The van der Waals surface area contributed by atoms with E-state index in [-0.39, 0.29) is 12.3 Å². The standard InChI is InChI=1S/C19H23NO4/c1-13-5-7-14(8-6-13)12-20-17(21)11-15-9-10-16(22-2)19(24-4)18(15)23-3/h5-10H,11-12H2,1-4H3,(H,20,21). The maximum atomic E-state index is 12.2. The largest absolute Gasteiger partial charge is 0.493 e. The molecule has 0 aromatic heterocycles. The topological polar surface area (TPSA) is 56.8 Å². The number of carbonyl (C=O) groups is 1. The lowest BCUT2D eigenvalue weighted by molar-refractivity contribution is -0.120. The number of ether oxygens (including phenoxy) is 3. The van der Waals surface area contributed by atoms with Crippen LogP contribution in [0, 0.1) is 6.92 Å². The highest BCUT2D eigenvalue weighted by Gasteiger charge is 2.17. The first-order valence-electron chi connectivity index (χ1n) is 7.69. The Labute approximate surface area is 142 Å². The number of carbonyl (C=O) groups excluding carboxylic acids is 1. The molecule has 1 amide bonds. The van der Waals surface area contributed by atoms with Crippen molar-refractivity contribution in [3.8, 4) is 17.2 Å². The first-order chi connectivity index (χ1) is 11.6. The van der Waals surface area contributed by atoms with Gasteiger partial charge in [0.15, 0.2) is 11.5 Å². The zero-order chi connectivity index (χ0) is 17.5. The zero-order valence-corrected chi connectivity index (χ0v) is 14.5. The van der Waals surface area contributed by atoms with E-state index in [9.17, 15) is 4.79 Å². The fourth-order valence-corrected chi connectivity index (χ4v) is 2.44. The molecule has 0 aliphatic heterocycles. The van der Waals surface area contributed by atoms with E-state index in [1.807, 2.05) is 37.3 Å². The van der Waals surface area contributed by atoms with Crippen molar-refractivity contribution in [2.75, 3.05) is 21.3 Å². The van der Waals surface area contributed by atoms with E-state index in [1.165, 1.54) is 5.56 Å². The summed E-state index contributed by atoms with van der Waals surface area (Å²) in [4.78, 5) is 12.2. The number of benzene rings is 2. The van der Waals surface area contributed by atoms with Crippen molar-refractivity contribution in [2.45, 2.75) is 19.9 Å². The molecule has 0 radical (unpaired) electrons. The second kappa shape index (κ2) is 8.24. The summed E-state index contributed by atoms with van der Waals surface area (Å²) in [6, 6.07) is 11.6. The molecular formula is C19H23NO4. The van der Waals surface area contributed by atoms with E-state index in [0.29, 0.717) is 23.8 Å². The molecule has 5 nitrogen and oxygen atoms in total. The molecule has 0 saturated heterocycles. The van der Waals surface area contributed by atoms with Gasteiger partial charge in [0.25, 0.3) is 0 Å². The van der Waals surface area contributed by atoms with Gasteiger partial charge in [-0.15, -0.1) is 0 Å². The number of hydrogen-bond acceptors (Lipinski definition) is 4. The molecule has 2 rings (SSSR count). The smallest absolute Gasteiger partial charge is 0.224 e. The first kappa shape index (κ1) is 17.7. The van der Waals surface area contributed by atoms with E-state index in [4.69, 9.17) is 14.2 Å². The normalized spacial score (nSPS) is 10.2. The number of hydrogen-bond donors (Lipinski definition) is 1. The van der Waals surface area contributed by atoms with Gasteiger partial charge in [-0.05, 0) is 18.6 Å². The Balaban J connectivity index is 2.06. The van der Waals surface area contributed by atoms with Crippen molar-refractivity contribution in [3.05, 3.63) is 53.1 Å². The monoisotopic (exact) mass is 329 g/mol. The lowest BCUT2D eigenvalue weighted by atomic mass is 10.1. The molecule has 128 valence electrons. The molecule has 0 bridgehead atoms. The molecule has 0 unspecified atom stereocenters. The molecule has 0 atom stereocenters. The average Bonchev–Trinajstić information content (AvgIpc) is 2.60. The minimum Gasteiger partial charge on any atom is -0.493 e. The van der Waals surface area contributed by atoms with Gasteiger partial charge in [0.1, 0.15) is 0 Å². The number of nitrogens with one attached hydrogen (secondary N) is 1. The summed E-state index contributed by atoms with van der Waals surface area (Å²) in [5.41, 5.74) is 3.00. The predicted molar refractivity (Wildman–Crippen MR) is 92.8 cm³/mol. The maximum absolute atomic E-state index is 12.2. The van der Waals surface area contributed by atoms with Crippen LogP contribution in [-0.2, 0) is 17.8 Å². The molecule has 5 heteroatoms. The summed E-state index contributed by atoms with van der Waals surface area (Å²) in [5.74, 6) is 1.49. The number of amides is 1. The van der Waals surface area contributed by atoms with Gasteiger partial charge in [-0.25, -0.2) is 0 Å². The molecule has 0 heterocycles. The Morgan fingerprint density at radius 3 is 2.17 bits per heavy atom. The molecule has 24 heavy (non-hydrogen) atoms. The van der Waals surface area contributed by atoms with Gasteiger partial charge < -0.3 is 19.5 Å². The lowest BCUT2D eigenvalue weighted by Crippen LogP contribution is -2.24. The van der Waals surface area contributed by atoms with E-state index in [1.54, 1.807) is 27.4 Å². The number of rotatable bonds is 7. The third kappa shape index (κ3) is 4.19. The third-order valence-corrected chi connectivity index (χ3v) is 3.75. The Morgan fingerprint density at radius 1 is 0.917 bits per heavy atom. The molecule has 1 N–H and O–H groups in total. The molecule has 0 saturated carbocycles. The Bertz CT molecular complexity index is 695. The number of aryl methyl sites for hydroxylation is 1. The van der Waals surface area contributed by atoms with Crippen LogP contribution in [0.2, 0.25) is 0 Å². The minimum atomic E-state index is -0.0823. The second-order valence-electron chi connectivity index (χ2n) is 5.43. The zero-order valence-electron chi connectivity index (χ0n) is 14.5. The van der Waals surface area contributed by atoms with Crippen molar-refractivity contribution >= 4 is 5.91 Å².